The summed E-state index contributed by atoms with van der Waals surface area (Å²) in [7, 11) is 0. The van der Waals surface area contributed by atoms with Crippen LogP contribution in [0.25, 0.3) is 11.3 Å². The fourth-order valence-corrected chi connectivity index (χ4v) is 2.96. The molecule has 0 saturated heterocycles. The summed E-state index contributed by atoms with van der Waals surface area (Å²) in [5, 5.41) is 0. The number of aromatic nitrogens is 3. The van der Waals surface area contributed by atoms with Crippen molar-refractivity contribution in [3.63, 3.8) is 0 Å². The van der Waals surface area contributed by atoms with Gasteiger partial charge in [-0.2, -0.15) is 0 Å². The monoisotopic (exact) mass is 303 g/mol. The number of hydrogen-bond donors (Lipinski definition) is 1. The lowest BCUT2D eigenvalue weighted by molar-refractivity contribution is 0.702. The molecule has 3 aromatic rings. The molecule has 2 aromatic heterocycles. The van der Waals surface area contributed by atoms with Crippen molar-refractivity contribution < 1.29 is 0 Å². The molecule has 1 aliphatic heterocycles. The van der Waals surface area contributed by atoms with Crippen LogP contribution in [0.2, 0.25) is 0 Å². The highest BCUT2D eigenvalue weighted by molar-refractivity contribution is 5.73. The van der Waals surface area contributed by atoms with Crippen LogP contribution >= 0.6 is 0 Å². The van der Waals surface area contributed by atoms with E-state index in [4.69, 9.17) is 5.73 Å². The minimum atomic E-state index is 0.437. The Morgan fingerprint density at radius 3 is 2.74 bits per heavy atom. The summed E-state index contributed by atoms with van der Waals surface area (Å²) < 4.78 is 0. The van der Waals surface area contributed by atoms with E-state index in [2.05, 4.69) is 25.9 Å². The first kappa shape index (κ1) is 13.7. The van der Waals surface area contributed by atoms with Gasteiger partial charge in [-0.25, -0.2) is 9.97 Å². The lowest BCUT2D eigenvalue weighted by Crippen LogP contribution is -2.32. The van der Waals surface area contributed by atoms with E-state index in [0.717, 1.165) is 36.6 Å². The Morgan fingerprint density at radius 2 is 1.87 bits per heavy atom. The van der Waals surface area contributed by atoms with E-state index in [1.807, 2.05) is 42.6 Å². The van der Waals surface area contributed by atoms with E-state index in [1.165, 1.54) is 11.3 Å². The van der Waals surface area contributed by atoms with E-state index < -0.39 is 0 Å². The third-order valence-electron chi connectivity index (χ3n) is 4.08. The van der Waals surface area contributed by atoms with Gasteiger partial charge in [0.1, 0.15) is 11.5 Å². The summed E-state index contributed by atoms with van der Waals surface area (Å²) in [4.78, 5) is 15.8. The van der Waals surface area contributed by atoms with Gasteiger partial charge in [0.05, 0.1) is 6.20 Å². The number of nitrogens with zero attached hydrogens (tertiary/aromatic N) is 4. The molecule has 0 spiro atoms. The quantitative estimate of drug-likeness (QED) is 0.788. The van der Waals surface area contributed by atoms with Crippen molar-refractivity contribution in [2.24, 2.45) is 0 Å². The number of pyridine rings is 1. The number of hydrogen-bond acceptors (Lipinski definition) is 5. The highest BCUT2D eigenvalue weighted by Crippen LogP contribution is 2.30. The second kappa shape index (κ2) is 5.68. The normalized spacial score (nSPS) is 13.7. The van der Waals surface area contributed by atoms with Crippen molar-refractivity contribution in [3.05, 3.63) is 66.1 Å². The van der Waals surface area contributed by atoms with E-state index in [0.29, 0.717) is 5.82 Å². The summed E-state index contributed by atoms with van der Waals surface area (Å²) in [6, 6.07) is 14.2. The highest BCUT2D eigenvalue weighted by atomic mass is 15.2. The van der Waals surface area contributed by atoms with Gasteiger partial charge < -0.3 is 10.6 Å². The Labute approximate surface area is 134 Å². The number of fused-ring (bicyclic) bond motifs is 1. The van der Waals surface area contributed by atoms with E-state index in [1.54, 1.807) is 6.20 Å². The van der Waals surface area contributed by atoms with Crippen molar-refractivity contribution in [1.82, 2.24) is 15.0 Å². The van der Waals surface area contributed by atoms with Crippen LogP contribution in [0.3, 0.4) is 0 Å². The largest absolute Gasteiger partial charge is 0.382 e. The standard InChI is InChI=1S/C18H17N5/c19-16-11-21-18(17(22-16)13-5-2-1-3-6-13)23-10-8-15-14(12-23)7-4-9-20-15/h1-7,9,11H,8,10,12H2,(H2,19,22). The van der Waals surface area contributed by atoms with Gasteiger partial charge >= 0.3 is 0 Å². The van der Waals surface area contributed by atoms with Gasteiger partial charge in [0.25, 0.3) is 0 Å². The summed E-state index contributed by atoms with van der Waals surface area (Å²) >= 11 is 0. The summed E-state index contributed by atoms with van der Waals surface area (Å²) in [6.45, 7) is 1.67. The number of benzene rings is 1. The molecule has 114 valence electrons. The number of anilines is 2. The molecule has 0 amide bonds. The molecule has 5 nitrogen and oxygen atoms in total. The van der Waals surface area contributed by atoms with Crippen molar-refractivity contribution in [2.75, 3.05) is 17.2 Å². The predicted octanol–water partition coefficient (Wildman–Crippen LogP) is 2.68. The Hall–Kier alpha value is -2.95. The maximum absolute atomic E-state index is 5.87. The van der Waals surface area contributed by atoms with Crippen molar-refractivity contribution in [2.45, 2.75) is 13.0 Å². The molecule has 0 unspecified atom stereocenters. The third kappa shape index (κ3) is 2.61. The topological polar surface area (TPSA) is 67.9 Å². The minimum Gasteiger partial charge on any atom is -0.382 e. The van der Waals surface area contributed by atoms with E-state index in [-0.39, 0.29) is 0 Å². The first-order valence-electron chi connectivity index (χ1n) is 7.67. The predicted molar refractivity (Wildman–Crippen MR) is 90.9 cm³/mol. The van der Waals surface area contributed by atoms with Crippen LogP contribution in [-0.4, -0.2) is 21.5 Å². The maximum Gasteiger partial charge on any atom is 0.155 e. The average Bonchev–Trinajstić information content (AvgIpc) is 2.62. The molecule has 0 aliphatic carbocycles. The molecule has 4 rings (SSSR count). The molecule has 3 heterocycles. The van der Waals surface area contributed by atoms with Crippen molar-refractivity contribution >= 4 is 11.6 Å². The Bertz CT molecular complexity index is 832. The van der Waals surface area contributed by atoms with Crippen LogP contribution in [0, 0.1) is 0 Å². The molecular weight excluding hydrogens is 286 g/mol. The van der Waals surface area contributed by atoms with Crippen molar-refractivity contribution in [1.29, 1.82) is 0 Å². The zero-order valence-electron chi connectivity index (χ0n) is 12.7. The van der Waals surface area contributed by atoms with Gasteiger partial charge in [-0.15, -0.1) is 0 Å². The first-order valence-corrected chi connectivity index (χ1v) is 7.67. The lowest BCUT2D eigenvalue weighted by Gasteiger charge is -2.30. The van der Waals surface area contributed by atoms with Crippen LogP contribution in [0.1, 0.15) is 11.3 Å². The molecule has 0 saturated carbocycles. The van der Waals surface area contributed by atoms with Crippen LogP contribution in [0.4, 0.5) is 11.6 Å². The Kier molecular flexibility index (Phi) is 3.38. The van der Waals surface area contributed by atoms with Gasteiger partial charge in [-0.3, -0.25) is 4.98 Å². The molecule has 2 N–H and O–H groups in total. The lowest BCUT2D eigenvalue weighted by atomic mass is 10.0. The summed E-state index contributed by atoms with van der Waals surface area (Å²) in [5.74, 6) is 1.31. The SMILES string of the molecule is Nc1cnc(N2CCc3ncccc3C2)c(-c2ccccc2)n1. The first-order chi connectivity index (χ1) is 11.3. The van der Waals surface area contributed by atoms with Gasteiger partial charge in [-0.05, 0) is 11.6 Å². The zero-order valence-corrected chi connectivity index (χ0v) is 12.7. The van der Waals surface area contributed by atoms with Crippen LogP contribution in [0.15, 0.2) is 54.9 Å². The second-order valence-corrected chi connectivity index (χ2v) is 5.61. The fraction of sp³-hybridized carbons (Fsp3) is 0.167. The molecule has 23 heavy (non-hydrogen) atoms. The number of nitrogen functional groups attached to an aromatic ring is 1. The fourth-order valence-electron chi connectivity index (χ4n) is 2.96. The van der Waals surface area contributed by atoms with Crippen LogP contribution in [-0.2, 0) is 13.0 Å². The Morgan fingerprint density at radius 1 is 1.00 bits per heavy atom. The average molecular weight is 303 g/mol. The highest BCUT2D eigenvalue weighted by Gasteiger charge is 2.21. The molecule has 1 aliphatic rings. The number of rotatable bonds is 2. The van der Waals surface area contributed by atoms with Crippen molar-refractivity contribution in [3.8, 4) is 11.3 Å². The molecule has 0 atom stereocenters. The molecule has 0 fully saturated rings. The Balaban J connectivity index is 1.76. The zero-order chi connectivity index (χ0) is 15.6. The summed E-state index contributed by atoms with van der Waals surface area (Å²) in [5.41, 5.74) is 10.1. The molecule has 0 bridgehead atoms. The maximum atomic E-state index is 5.87. The van der Waals surface area contributed by atoms with E-state index >= 15 is 0 Å². The second-order valence-electron chi connectivity index (χ2n) is 5.61. The molecule has 0 radical (unpaired) electrons. The minimum absolute atomic E-state index is 0.437. The van der Waals surface area contributed by atoms with E-state index in [9.17, 15) is 0 Å². The van der Waals surface area contributed by atoms with Gasteiger partial charge in [-0.1, -0.05) is 36.4 Å². The van der Waals surface area contributed by atoms with Gasteiger partial charge in [0, 0.05) is 37.0 Å². The molecule has 1 aromatic carbocycles. The smallest absolute Gasteiger partial charge is 0.155 e. The van der Waals surface area contributed by atoms with Crippen LogP contribution < -0.4 is 10.6 Å². The van der Waals surface area contributed by atoms with Crippen LogP contribution in [0.5, 0.6) is 0 Å². The molecule has 5 heteroatoms. The van der Waals surface area contributed by atoms with Gasteiger partial charge in [0.15, 0.2) is 5.82 Å². The number of nitrogens with two attached hydrogens (primary N) is 1. The molecular formula is C18H17N5. The van der Waals surface area contributed by atoms with Gasteiger partial charge in [0.2, 0.25) is 0 Å². The third-order valence-corrected chi connectivity index (χ3v) is 4.08. The summed E-state index contributed by atoms with van der Waals surface area (Å²) in [6.07, 6.45) is 4.39.